The van der Waals surface area contributed by atoms with Crippen LogP contribution in [0.25, 0.3) is 11.4 Å². The highest BCUT2D eigenvalue weighted by Crippen LogP contribution is 2.40. The van der Waals surface area contributed by atoms with Crippen LogP contribution in [-0.2, 0) is 4.79 Å². The lowest BCUT2D eigenvalue weighted by atomic mass is 9.93. The normalized spacial score (nSPS) is 14.6. The number of amides is 1. The van der Waals surface area contributed by atoms with E-state index in [2.05, 4.69) is 25.7 Å². The maximum Gasteiger partial charge on any atom is 0.275 e. The Labute approximate surface area is 205 Å². The molecule has 0 bridgehead atoms. The van der Waals surface area contributed by atoms with E-state index in [4.69, 9.17) is 4.74 Å². The molecular formula is C25H21N7O4. The molecule has 180 valence electrons. The first-order valence-electron chi connectivity index (χ1n) is 11.0. The number of nitrogens with one attached hydrogen (secondary N) is 2. The zero-order valence-electron chi connectivity index (χ0n) is 19.4. The van der Waals surface area contributed by atoms with E-state index in [9.17, 15) is 14.9 Å². The van der Waals surface area contributed by atoms with Gasteiger partial charge >= 0.3 is 0 Å². The molecule has 11 nitrogen and oxygen atoms in total. The lowest BCUT2D eigenvalue weighted by molar-refractivity contribution is -0.385. The lowest BCUT2D eigenvalue weighted by Gasteiger charge is -2.28. The summed E-state index contributed by atoms with van der Waals surface area (Å²) in [6.07, 6.45) is 3.25. The Hall–Kier alpha value is -5.06. The average molecular weight is 483 g/mol. The van der Waals surface area contributed by atoms with E-state index in [-0.39, 0.29) is 11.3 Å². The van der Waals surface area contributed by atoms with Gasteiger partial charge in [-0.25, -0.2) is 4.68 Å². The van der Waals surface area contributed by atoms with Crippen LogP contribution < -0.4 is 15.4 Å². The second-order valence-corrected chi connectivity index (χ2v) is 7.98. The van der Waals surface area contributed by atoms with E-state index in [1.54, 1.807) is 73.9 Å². The molecule has 1 aliphatic rings. The molecular weight excluding hydrogens is 462 g/mol. The first-order valence-corrected chi connectivity index (χ1v) is 11.0. The molecule has 0 spiro atoms. The topological polar surface area (TPSA) is 137 Å². The zero-order chi connectivity index (χ0) is 25.2. The predicted octanol–water partition coefficient (Wildman–Crippen LogP) is 4.18. The number of fused-ring (bicyclic) bond motifs is 1. The highest BCUT2D eigenvalue weighted by Gasteiger charge is 2.38. The summed E-state index contributed by atoms with van der Waals surface area (Å²) in [4.78, 5) is 33.8. The van der Waals surface area contributed by atoms with Crippen molar-refractivity contribution in [1.29, 1.82) is 0 Å². The number of methoxy groups -OCH3 is 1. The standard InChI is InChI=1S/C25H21N7O4/c1-15-21(24(33)28-18-8-4-6-10-20(18)36-2)22(17-7-3-5-9-19(17)32(34)35)31-25(27-15)29-23(30-31)16-11-13-26-14-12-16/h3-14,22H,1-2H3,(H,28,33)(H,27,29,30). The van der Waals surface area contributed by atoms with Crippen molar-refractivity contribution in [2.45, 2.75) is 13.0 Å². The first kappa shape index (κ1) is 22.7. The van der Waals surface area contributed by atoms with Crippen molar-refractivity contribution in [2.75, 3.05) is 17.7 Å². The molecule has 2 N–H and O–H groups in total. The molecule has 5 rings (SSSR count). The lowest BCUT2D eigenvalue weighted by Crippen LogP contribution is -2.32. The maximum atomic E-state index is 13.7. The van der Waals surface area contributed by atoms with E-state index >= 15 is 0 Å². The number of carbonyl (C=O) groups excluding carboxylic acids is 1. The Morgan fingerprint density at radius 2 is 1.83 bits per heavy atom. The van der Waals surface area contributed by atoms with Gasteiger partial charge in [0.05, 0.1) is 28.9 Å². The summed E-state index contributed by atoms with van der Waals surface area (Å²) in [6, 6.07) is 15.9. The van der Waals surface area contributed by atoms with E-state index in [0.29, 0.717) is 40.0 Å². The molecule has 2 aromatic heterocycles. The number of nitro groups is 1. The van der Waals surface area contributed by atoms with Crippen molar-refractivity contribution in [3.05, 3.63) is 100 Å². The van der Waals surface area contributed by atoms with Gasteiger partial charge in [-0.2, -0.15) is 4.98 Å². The number of carbonyl (C=O) groups is 1. The summed E-state index contributed by atoms with van der Waals surface area (Å²) in [5.74, 6) is 0.773. The van der Waals surface area contributed by atoms with Gasteiger partial charge in [-0.15, -0.1) is 5.10 Å². The maximum absolute atomic E-state index is 13.7. The smallest absolute Gasteiger partial charge is 0.275 e. The fraction of sp³-hybridized carbons (Fsp3) is 0.120. The number of pyridine rings is 1. The Morgan fingerprint density at radius 1 is 1.11 bits per heavy atom. The molecule has 2 aromatic carbocycles. The molecule has 4 aromatic rings. The van der Waals surface area contributed by atoms with Crippen molar-refractivity contribution >= 4 is 23.2 Å². The number of aromatic nitrogens is 4. The van der Waals surface area contributed by atoms with Gasteiger partial charge in [0.2, 0.25) is 5.95 Å². The summed E-state index contributed by atoms with van der Waals surface area (Å²) in [5, 5.41) is 22.6. The molecule has 0 saturated carbocycles. The highest BCUT2D eigenvalue weighted by molar-refractivity contribution is 6.06. The van der Waals surface area contributed by atoms with Crippen LogP contribution in [0.4, 0.5) is 17.3 Å². The Kier molecular flexibility index (Phi) is 5.87. The van der Waals surface area contributed by atoms with Crippen LogP contribution in [-0.4, -0.2) is 37.7 Å². The number of hydrogen-bond acceptors (Lipinski definition) is 8. The predicted molar refractivity (Wildman–Crippen MR) is 132 cm³/mol. The molecule has 1 unspecified atom stereocenters. The van der Waals surface area contributed by atoms with E-state index in [1.165, 1.54) is 17.9 Å². The number of ether oxygens (including phenoxy) is 1. The average Bonchev–Trinajstić information content (AvgIpc) is 3.32. The second-order valence-electron chi connectivity index (χ2n) is 7.98. The number of nitrogens with zero attached hydrogens (tertiary/aromatic N) is 5. The molecule has 0 aliphatic carbocycles. The van der Waals surface area contributed by atoms with Crippen LogP contribution in [0.5, 0.6) is 5.75 Å². The summed E-state index contributed by atoms with van der Waals surface area (Å²) in [7, 11) is 1.51. The van der Waals surface area contributed by atoms with Gasteiger partial charge in [-0.3, -0.25) is 19.9 Å². The molecule has 0 saturated heterocycles. The third-order valence-electron chi connectivity index (χ3n) is 5.82. The SMILES string of the molecule is COc1ccccc1NC(=O)C1=C(C)Nc2nc(-c3ccncc3)nn2C1c1ccccc1[N+](=O)[O-]. The van der Waals surface area contributed by atoms with Crippen LogP contribution >= 0.6 is 0 Å². The second kappa shape index (κ2) is 9.29. The number of rotatable bonds is 6. The number of benzene rings is 2. The Balaban J connectivity index is 1.66. The summed E-state index contributed by atoms with van der Waals surface area (Å²) < 4.78 is 6.86. The van der Waals surface area contributed by atoms with Crippen molar-refractivity contribution in [2.24, 2.45) is 0 Å². The van der Waals surface area contributed by atoms with Crippen molar-refractivity contribution in [1.82, 2.24) is 19.7 Å². The van der Waals surface area contributed by atoms with Gasteiger partial charge in [0.15, 0.2) is 5.82 Å². The fourth-order valence-electron chi connectivity index (χ4n) is 4.18. The van der Waals surface area contributed by atoms with Gasteiger partial charge in [0, 0.05) is 29.7 Å². The van der Waals surface area contributed by atoms with Gasteiger partial charge < -0.3 is 15.4 Å². The number of para-hydroxylation sites is 3. The third kappa shape index (κ3) is 4.02. The van der Waals surface area contributed by atoms with Crippen LogP contribution in [0.15, 0.2) is 84.3 Å². The molecule has 1 atom stereocenters. The fourth-order valence-corrected chi connectivity index (χ4v) is 4.18. The first-order chi connectivity index (χ1) is 17.5. The van der Waals surface area contributed by atoms with Crippen molar-refractivity contribution in [3.8, 4) is 17.1 Å². The zero-order valence-corrected chi connectivity index (χ0v) is 19.4. The largest absolute Gasteiger partial charge is 0.495 e. The van der Waals surface area contributed by atoms with Crippen LogP contribution in [0.2, 0.25) is 0 Å². The molecule has 11 heteroatoms. The summed E-state index contributed by atoms with van der Waals surface area (Å²) in [6.45, 7) is 1.73. The summed E-state index contributed by atoms with van der Waals surface area (Å²) >= 11 is 0. The Morgan fingerprint density at radius 3 is 2.58 bits per heavy atom. The van der Waals surface area contributed by atoms with E-state index in [1.807, 2.05) is 0 Å². The number of allylic oxidation sites excluding steroid dienone is 1. The summed E-state index contributed by atoms with van der Waals surface area (Å²) in [5.41, 5.74) is 2.11. The molecule has 1 amide bonds. The van der Waals surface area contributed by atoms with Gasteiger partial charge in [-0.05, 0) is 37.3 Å². The van der Waals surface area contributed by atoms with E-state index in [0.717, 1.165) is 0 Å². The van der Waals surface area contributed by atoms with Crippen LogP contribution in [0.3, 0.4) is 0 Å². The monoisotopic (exact) mass is 483 g/mol. The van der Waals surface area contributed by atoms with E-state index < -0.39 is 16.9 Å². The molecule has 1 aliphatic heterocycles. The van der Waals surface area contributed by atoms with Gasteiger partial charge in [-0.1, -0.05) is 24.3 Å². The van der Waals surface area contributed by atoms with Gasteiger partial charge in [0.1, 0.15) is 11.8 Å². The number of nitro benzene ring substituents is 1. The molecule has 0 fully saturated rings. The minimum atomic E-state index is -0.916. The minimum Gasteiger partial charge on any atom is -0.495 e. The Bertz CT molecular complexity index is 1500. The van der Waals surface area contributed by atoms with Crippen molar-refractivity contribution in [3.63, 3.8) is 0 Å². The third-order valence-corrected chi connectivity index (χ3v) is 5.82. The van der Waals surface area contributed by atoms with Crippen LogP contribution in [0, 0.1) is 10.1 Å². The molecule has 3 heterocycles. The molecule has 36 heavy (non-hydrogen) atoms. The quantitative estimate of drug-likeness (QED) is 0.308. The number of hydrogen-bond donors (Lipinski definition) is 2. The highest BCUT2D eigenvalue weighted by atomic mass is 16.6. The molecule has 0 radical (unpaired) electrons. The van der Waals surface area contributed by atoms with Gasteiger partial charge in [0.25, 0.3) is 11.6 Å². The van der Waals surface area contributed by atoms with Crippen molar-refractivity contribution < 1.29 is 14.5 Å². The minimum absolute atomic E-state index is 0.133. The number of anilines is 2. The van der Waals surface area contributed by atoms with Crippen LogP contribution in [0.1, 0.15) is 18.5 Å².